The quantitative estimate of drug-likeness (QED) is 0.641. The second-order valence-electron chi connectivity index (χ2n) is 5.27. The largest absolute Gasteiger partial charge is 0.326 e. The number of benzene rings is 2. The molecule has 1 aliphatic rings. The molecule has 7 heteroatoms. The highest BCUT2D eigenvalue weighted by Crippen LogP contribution is 2.23. The number of anilines is 1. The minimum atomic E-state index is -0.505. The standard InChI is InChI=1S/C18H16N4O2S/c23-16(20-14-9-5-2-6-10-14)11-15-17(24)21-18(25-15)22-19-12-13-7-3-1-4-8-13/h1-10,12,15H,11H2,(H,20,23)(H,21,22,24)/b19-12+. The van der Waals surface area contributed by atoms with Crippen LogP contribution in [0.3, 0.4) is 0 Å². The molecule has 25 heavy (non-hydrogen) atoms. The molecule has 6 nitrogen and oxygen atoms in total. The number of hydrogen-bond acceptors (Lipinski definition) is 5. The molecule has 2 amide bonds. The van der Waals surface area contributed by atoms with E-state index < -0.39 is 5.25 Å². The predicted octanol–water partition coefficient (Wildman–Crippen LogP) is 2.64. The first-order valence-corrected chi connectivity index (χ1v) is 8.57. The van der Waals surface area contributed by atoms with E-state index >= 15 is 0 Å². The van der Waals surface area contributed by atoms with E-state index in [-0.39, 0.29) is 18.2 Å². The van der Waals surface area contributed by atoms with E-state index in [0.29, 0.717) is 10.9 Å². The topological polar surface area (TPSA) is 82.9 Å². The van der Waals surface area contributed by atoms with Crippen molar-refractivity contribution in [2.24, 2.45) is 10.2 Å². The average molecular weight is 352 g/mol. The molecule has 0 bridgehead atoms. The van der Waals surface area contributed by atoms with Crippen molar-refractivity contribution in [2.45, 2.75) is 11.7 Å². The van der Waals surface area contributed by atoms with Crippen molar-refractivity contribution in [3.8, 4) is 0 Å². The van der Waals surface area contributed by atoms with Gasteiger partial charge in [0.2, 0.25) is 11.8 Å². The second kappa shape index (κ2) is 8.25. The Morgan fingerprint density at radius 2 is 1.80 bits per heavy atom. The smallest absolute Gasteiger partial charge is 0.240 e. The van der Waals surface area contributed by atoms with Gasteiger partial charge in [0.15, 0.2) is 5.17 Å². The maximum atomic E-state index is 12.0. The summed E-state index contributed by atoms with van der Waals surface area (Å²) in [4.78, 5) is 24.0. The van der Waals surface area contributed by atoms with Gasteiger partial charge in [-0.1, -0.05) is 60.3 Å². The van der Waals surface area contributed by atoms with E-state index in [1.54, 1.807) is 18.3 Å². The van der Waals surface area contributed by atoms with Gasteiger partial charge >= 0.3 is 0 Å². The lowest BCUT2D eigenvalue weighted by Crippen LogP contribution is -2.28. The fraction of sp³-hybridized carbons (Fsp3) is 0.111. The van der Waals surface area contributed by atoms with E-state index in [1.807, 2.05) is 48.5 Å². The van der Waals surface area contributed by atoms with E-state index in [9.17, 15) is 9.59 Å². The van der Waals surface area contributed by atoms with Gasteiger partial charge < -0.3 is 10.6 Å². The van der Waals surface area contributed by atoms with Gasteiger partial charge in [0.1, 0.15) is 5.25 Å². The van der Waals surface area contributed by atoms with Crippen LogP contribution in [0.25, 0.3) is 0 Å². The lowest BCUT2D eigenvalue weighted by atomic mass is 10.2. The average Bonchev–Trinajstić information content (AvgIpc) is 2.96. The number of nitrogens with one attached hydrogen (secondary N) is 2. The Kier molecular flexibility index (Phi) is 5.58. The molecule has 1 heterocycles. The van der Waals surface area contributed by atoms with Crippen molar-refractivity contribution in [3.63, 3.8) is 0 Å². The van der Waals surface area contributed by atoms with Crippen molar-refractivity contribution >= 4 is 40.6 Å². The van der Waals surface area contributed by atoms with Crippen molar-refractivity contribution in [1.29, 1.82) is 0 Å². The second-order valence-corrected chi connectivity index (χ2v) is 6.47. The molecule has 2 aromatic rings. The molecule has 0 aliphatic carbocycles. The molecule has 1 atom stereocenters. The predicted molar refractivity (Wildman–Crippen MR) is 101 cm³/mol. The highest BCUT2D eigenvalue weighted by molar-refractivity contribution is 8.15. The number of hydrogen-bond donors (Lipinski definition) is 2. The molecule has 0 spiro atoms. The third kappa shape index (κ3) is 5.02. The van der Waals surface area contributed by atoms with E-state index in [4.69, 9.17) is 0 Å². The van der Waals surface area contributed by atoms with Crippen LogP contribution in [-0.2, 0) is 9.59 Å². The van der Waals surface area contributed by atoms with Gasteiger partial charge in [-0.25, -0.2) is 0 Å². The van der Waals surface area contributed by atoms with Crippen LogP contribution in [0, 0.1) is 0 Å². The monoisotopic (exact) mass is 352 g/mol. The SMILES string of the molecule is O=C(CC1S/C(=N/N=C/c2ccccc2)NC1=O)Nc1ccccc1. The number of amidine groups is 1. The molecule has 0 aromatic heterocycles. The molecule has 1 aliphatic heterocycles. The normalized spacial score (nSPS) is 18.5. The number of amides is 2. The summed E-state index contributed by atoms with van der Waals surface area (Å²) in [7, 11) is 0. The molecule has 126 valence electrons. The first-order valence-electron chi connectivity index (χ1n) is 7.69. The summed E-state index contributed by atoms with van der Waals surface area (Å²) in [5.74, 6) is -0.449. The molecular weight excluding hydrogens is 336 g/mol. The Hall–Kier alpha value is -2.93. The molecule has 1 fully saturated rings. The van der Waals surface area contributed by atoms with Crippen LogP contribution in [0.2, 0.25) is 0 Å². The zero-order valence-corrected chi connectivity index (χ0v) is 14.1. The lowest BCUT2D eigenvalue weighted by Gasteiger charge is -2.06. The number of carbonyl (C=O) groups excluding carboxylic acids is 2. The van der Waals surface area contributed by atoms with E-state index in [1.165, 1.54) is 11.8 Å². The number of thioether (sulfide) groups is 1. The Morgan fingerprint density at radius 3 is 2.52 bits per heavy atom. The number of carbonyl (C=O) groups is 2. The third-order valence-electron chi connectivity index (χ3n) is 3.36. The summed E-state index contributed by atoms with van der Waals surface area (Å²) in [6, 6.07) is 18.7. The Bertz CT molecular complexity index is 806. The number of para-hydroxylation sites is 1. The molecule has 3 rings (SSSR count). The van der Waals surface area contributed by atoms with Gasteiger partial charge in [0, 0.05) is 12.1 Å². The van der Waals surface area contributed by atoms with Crippen molar-refractivity contribution in [2.75, 3.05) is 5.32 Å². The van der Waals surface area contributed by atoms with Crippen molar-refractivity contribution in [1.82, 2.24) is 5.32 Å². The van der Waals surface area contributed by atoms with Crippen LogP contribution in [-0.4, -0.2) is 28.4 Å². The van der Waals surface area contributed by atoms with E-state index in [2.05, 4.69) is 20.8 Å². The summed E-state index contributed by atoms with van der Waals surface area (Å²) in [6.07, 6.45) is 1.68. The van der Waals surface area contributed by atoms with Crippen LogP contribution in [0.15, 0.2) is 70.9 Å². The summed E-state index contributed by atoms with van der Waals surface area (Å²) < 4.78 is 0. The fourth-order valence-corrected chi connectivity index (χ4v) is 3.10. The number of rotatable bonds is 5. The Morgan fingerprint density at radius 1 is 1.12 bits per heavy atom. The Balaban J connectivity index is 1.54. The maximum Gasteiger partial charge on any atom is 0.240 e. The summed E-state index contributed by atoms with van der Waals surface area (Å²) in [5, 5.41) is 13.3. The van der Waals surface area contributed by atoms with Gasteiger partial charge in [-0.3, -0.25) is 9.59 Å². The van der Waals surface area contributed by atoms with Gasteiger partial charge in [0.05, 0.1) is 6.21 Å². The van der Waals surface area contributed by atoms with Crippen molar-refractivity contribution in [3.05, 3.63) is 66.2 Å². The highest BCUT2D eigenvalue weighted by Gasteiger charge is 2.32. The van der Waals surface area contributed by atoms with E-state index in [0.717, 1.165) is 5.56 Å². The minimum absolute atomic E-state index is 0.0762. The first kappa shape index (κ1) is 16.9. The first-order chi connectivity index (χ1) is 12.2. The zero-order chi connectivity index (χ0) is 17.5. The van der Waals surface area contributed by atoms with Gasteiger partial charge in [-0.15, -0.1) is 5.10 Å². The lowest BCUT2D eigenvalue weighted by molar-refractivity contribution is -0.122. The maximum absolute atomic E-state index is 12.0. The summed E-state index contributed by atoms with van der Waals surface area (Å²) >= 11 is 1.21. The van der Waals surface area contributed by atoms with Crippen LogP contribution in [0.1, 0.15) is 12.0 Å². The van der Waals surface area contributed by atoms with Crippen LogP contribution >= 0.6 is 11.8 Å². The minimum Gasteiger partial charge on any atom is -0.326 e. The fourth-order valence-electron chi connectivity index (χ4n) is 2.18. The molecule has 1 unspecified atom stereocenters. The Labute approximate surface area is 149 Å². The van der Waals surface area contributed by atoms with Crippen LogP contribution < -0.4 is 10.6 Å². The van der Waals surface area contributed by atoms with Crippen LogP contribution in [0.4, 0.5) is 5.69 Å². The summed E-state index contributed by atoms with van der Waals surface area (Å²) in [6.45, 7) is 0. The molecule has 0 saturated carbocycles. The number of nitrogens with zero attached hydrogens (tertiary/aromatic N) is 2. The van der Waals surface area contributed by atoms with Crippen molar-refractivity contribution < 1.29 is 9.59 Å². The third-order valence-corrected chi connectivity index (χ3v) is 4.43. The molecule has 0 radical (unpaired) electrons. The molecule has 2 N–H and O–H groups in total. The summed E-state index contributed by atoms with van der Waals surface area (Å²) in [5.41, 5.74) is 1.62. The molecular formula is C18H16N4O2S. The highest BCUT2D eigenvalue weighted by atomic mass is 32.2. The van der Waals surface area contributed by atoms with Gasteiger partial charge in [0.25, 0.3) is 0 Å². The zero-order valence-electron chi connectivity index (χ0n) is 13.3. The molecule has 1 saturated heterocycles. The van der Waals surface area contributed by atoms with Crippen LogP contribution in [0.5, 0.6) is 0 Å². The van der Waals surface area contributed by atoms with Gasteiger partial charge in [-0.05, 0) is 17.7 Å². The van der Waals surface area contributed by atoms with Gasteiger partial charge in [-0.2, -0.15) is 5.10 Å². The molecule has 2 aromatic carbocycles.